The third-order valence-corrected chi connectivity index (χ3v) is 4.95. The van der Waals surface area contributed by atoms with Gasteiger partial charge in [-0.2, -0.15) is 0 Å². The molecular formula is C15H34AsCl. The number of halogens is 1. The van der Waals surface area contributed by atoms with E-state index in [2.05, 4.69) is 27.7 Å². The molecule has 106 valence electrons. The van der Waals surface area contributed by atoms with Gasteiger partial charge in [-0.05, 0) is 0 Å². The minimum Gasteiger partial charge on any atom is -0.147 e. The van der Waals surface area contributed by atoms with Crippen molar-refractivity contribution >= 4 is 29.3 Å². The summed E-state index contributed by atoms with van der Waals surface area (Å²) >= 11 is 1.90. The molecule has 0 rings (SSSR count). The zero-order valence-electron chi connectivity index (χ0n) is 12.4. The number of rotatable bonds is 10. The molecule has 0 aromatic heterocycles. The van der Waals surface area contributed by atoms with E-state index in [1.54, 1.807) is 0 Å². The second-order valence-corrected chi connectivity index (χ2v) is 9.11. The molecule has 0 saturated heterocycles. The Hall–Kier alpha value is 0.848. The monoisotopic (exact) mass is 324 g/mol. The molecular weight excluding hydrogens is 291 g/mol. The van der Waals surface area contributed by atoms with E-state index in [0.717, 1.165) is 5.92 Å². The summed E-state index contributed by atoms with van der Waals surface area (Å²) in [5.41, 5.74) is 0. The Bertz CT molecular complexity index is 151. The summed E-state index contributed by atoms with van der Waals surface area (Å²) < 4.78 is 0.564. The van der Waals surface area contributed by atoms with E-state index in [4.69, 9.17) is 0 Å². The van der Waals surface area contributed by atoms with E-state index in [0.29, 0.717) is 4.20 Å². The molecule has 0 aliphatic rings. The van der Waals surface area contributed by atoms with Crippen LogP contribution in [0, 0.1) is 5.92 Å². The average Bonchev–Trinajstić information content (AvgIpc) is 2.20. The van der Waals surface area contributed by atoms with Gasteiger partial charge in [-0.1, -0.05) is 0 Å². The fourth-order valence-electron chi connectivity index (χ4n) is 1.96. The van der Waals surface area contributed by atoms with Crippen LogP contribution in [0.4, 0.5) is 0 Å². The maximum Gasteiger partial charge on any atom is -0.147 e. The molecule has 2 heteroatoms. The van der Waals surface area contributed by atoms with E-state index in [-0.39, 0.29) is 12.4 Å². The second kappa shape index (κ2) is 11.9. The van der Waals surface area contributed by atoms with E-state index in [9.17, 15) is 0 Å². The van der Waals surface area contributed by atoms with Gasteiger partial charge < -0.3 is 0 Å². The minimum absolute atomic E-state index is 0. The molecule has 0 aliphatic carbocycles. The maximum atomic E-state index is 2.42. The van der Waals surface area contributed by atoms with Crippen molar-refractivity contribution in [1.29, 1.82) is 0 Å². The molecule has 0 aliphatic heterocycles. The smallest absolute Gasteiger partial charge is 0.147 e. The molecule has 17 heavy (non-hydrogen) atoms. The van der Waals surface area contributed by atoms with Gasteiger partial charge in [-0.15, -0.1) is 12.4 Å². The molecule has 0 aromatic rings. The van der Waals surface area contributed by atoms with Crippen molar-refractivity contribution in [2.24, 2.45) is 5.92 Å². The Morgan fingerprint density at radius 2 is 1.29 bits per heavy atom. The number of hydrogen-bond donors (Lipinski definition) is 0. The molecule has 0 fully saturated rings. The van der Waals surface area contributed by atoms with Crippen LogP contribution in [-0.2, 0) is 0 Å². The molecule has 0 amide bonds. The Kier molecular flexibility index (Phi) is 14.1. The fraction of sp³-hybridized carbons (Fsp3) is 1.00. The molecule has 2 atom stereocenters. The average molecular weight is 325 g/mol. The predicted octanol–water partition coefficient (Wildman–Crippen LogP) is 5.41. The largest absolute Gasteiger partial charge is 0.147 e. The van der Waals surface area contributed by atoms with Crippen LogP contribution in [0.3, 0.4) is 0 Å². The molecule has 0 N–H and O–H groups in total. The molecule has 0 nitrogen and oxygen atoms in total. The van der Waals surface area contributed by atoms with Crippen LogP contribution >= 0.6 is 12.4 Å². The standard InChI is InChI=1S/C15H33As.ClH/c1-5-6-7-8-9-10-11-12-13-14(2)15(3,4)16;/h14H,5-13,16H2,1-4H3;1H. The SMILES string of the molecule is CCCCCCCCCCC(C)C(C)(C)[AsH2].Cl. The van der Waals surface area contributed by atoms with E-state index < -0.39 is 0 Å². The van der Waals surface area contributed by atoms with Gasteiger partial charge in [0.25, 0.3) is 0 Å². The van der Waals surface area contributed by atoms with Gasteiger partial charge in [0.2, 0.25) is 0 Å². The summed E-state index contributed by atoms with van der Waals surface area (Å²) in [6, 6.07) is 0. The summed E-state index contributed by atoms with van der Waals surface area (Å²) in [5, 5.41) is 0. The maximum absolute atomic E-state index is 2.42. The van der Waals surface area contributed by atoms with Crippen molar-refractivity contribution < 1.29 is 0 Å². The first-order chi connectivity index (χ1) is 7.48. The van der Waals surface area contributed by atoms with Gasteiger partial charge in [0.05, 0.1) is 0 Å². The van der Waals surface area contributed by atoms with Crippen LogP contribution in [0.15, 0.2) is 0 Å². The first-order valence-electron chi connectivity index (χ1n) is 7.27. The van der Waals surface area contributed by atoms with Crippen molar-refractivity contribution in [3.63, 3.8) is 0 Å². The van der Waals surface area contributed by atoms with Crippen LogP contribution in [0.5, 0.6) is 0 Å². The quantitative estimate of drug-likeness (QED) is 0.372. The van der Waals surface area contributed by atoms with Gasteiger partial charge >= 0.3 is 112 Å². The Balaban J connectivity index is 0. The molecule has 0 spiro atoms. The van der Waals surface area contributed by atoms with Crippen molar-refractivity contribution in [2.75, 3.05) is 0 Å². The topological polar surface area (TPSA) is 0 Å². The number of hydrogen-bond acceptors (Lipinski definition) is 0. The van der Waals surface area contributed by atoms with Crippen molar-refractivity contribution in [3.05, 3.63) is 0 Å². The predicted molar refractivity (Wildman–Crippen MR) is 86.2 cm³/mol. The van der Waals surface area contributed by atoms with Crippen LogP contribution in [0.2, 0.25) is 4.20 Å². The Morgan fingerprint density at radius 1 is 0.882 bits per heavy atom. The molecule has 2 unspecified atom stereocenters. The first-order valence-corrected chi connectivity index (χ1v) is 8.48. The minimum atomic E-state index is 0. The summed E-state index contributed by atoms with van der Waals surface area (Å²) in [6.07, 6.45) is 13.0. The van der Waals surface area contributed by atoms with Crippen LogP contribution in [-0.4, -0.2) is 16.9 Å². The van der Waals surface area contributed by atoms with Crippen LogP contribution in [0.1, 0.15) is 85.5 Å². The van der Waals surface area contributed by atoms with Crippen LogP contribution < -0.4 is 0 Å². The Morgan fingerprint density at radius 3 is 1.71 bits per heavy atom. The normalized spacial score (nSPS) is 13.2. The molecule has 0 saturated carbocycles. The third kappa shape index (κ3) is 13.1. The summed E-state index contributed by atoms with van der Waals surface area (Å²) in [5.74, 6) is 0.896. The molecule has 0 radical (unpaired) electrons. The van der Waals surface area contributed by atoms with E-state index >= 15 is 0 Å². The summed E-state index contributed by atoms with van der Waals surface area (Å²) in [4.78, 5) is 0. The summed E-state index contributed by atoms with van der Waals surface area (Å²) in [6.45, 7) is 9.49. The molecule has 0 heterocycles. The van der Waals surface area contributed by atoms with E-state index in [1.807, 2.05) is 16.9 Å². The van der Waals surface area contributed by atoms with Gasteiger partial charge in [0, 0.05) is 0 Å². The van der Waals surface area contributed by atoms with Crippen molar-refractivity contribution in [3.8, 4) is 0 Å². The molecule has 0 bridgehead atoms. The van der Waals surface area contributed by atoms with Crippen molar-refractivity contribution in [1.82, 2.24) is 0 Å². The second-order valence-electron chi connectivity index (χ2n) is 5.99. The number of unbranched alkanes of at least 4 members (excludes halogenated alkanes) is 7. The van der Waals surface area contributed by atoms with Gasteiger partial charge in [-0.3, -0.25) is 0 Å². The zero-order valence-corrected chi connectivity index (χ0v) is 15.7. The van der Waals surface area contributed by atoms with Crippen molar-refractivity contribution in [2.45, 2.75) is 89.7 Å². The fourth-order valence-corrected chi connectivity index (χ4v) is 2.31. The van der Waals surface area contributed by atoms with Crippen LogP contribution in [0.25, 0.3) is 0 Å². The summed E-state index contributed by atoms with van der Waals surface area (Å²) in [7, 11) is 0. The van der Waals surface area contributed by atoms with Gasteiger partial charge in [-0.25, -0.2) is 0 Å². The zero-order chi connectivity index (χ0) is 12.4. The van der Waals surface area contributed by atoms with Gasteiger partial charge in [0.1, 0.15) is 0 Å². The third-order valence-electron chi connectivity index (χ3n) is 3.76. The molecule has 0 aromatic carbocycles. The van der Waals surface area contributed by atoms with E-state index in [1.165, 1.54) is 57.8 Å². The first kappa shape index (κ1) is 20.2. The van der Waals surface area contributed by atoms with Gasteiger partial charge in [0.15, 0.2) is 0 Å². The Labute approximate surface area is 125 Å².